The van der Waals surface area contributed by atoms with Crippen LogP contribution in [0, 0.1) is 22.7 Å². The van der Waals surface area contributed by atoms with Crippen LogP contribution in [0.15, 0.2) is 0 Å². The molecule has 8 heteroatoms. The number of fused-ring (bicyclic) bond motifs is 1. The Labute approximate surface area is 191 Å². The fourth-order valence-electron chi connectivity index (χ4n) is 6.84. The van der Waals surface area contributed by atoms with Crippen LogP contribution in [0.1, 0.15) is 72.1 Å². The highest BCUT2D eigenvalue weighted by Gasteiger charge is 2.60. The van der Waals surface area contributed by atoms with Crippen LogP contribution in [0.3, 0.4) is 0 Å². The molecule has 1 saturated heterocycles. The highest BCUT2D eigenvalue weighted by atomic mass is 16.6. The molecule has 3 rings (SSSR count). The van der Waals surface area contributed by atoms with Crippen LogP contribution in [0.4, 0.5) is 4.79 Å². The van der Waals surface area contributed by atoms with Crippen LogP contribution >= 0.6 is 0 Å². The van der Waals surface area contributed by atoms with Crippen molar-refractivity contribution < 1.29 is 29.6 Å². The van der Waals surface area contributed by atoms with E-state index in [1.807, 2.05) is 13.8 Å². The number of carbonyl (C=O) groups excluding carboxylic acids is 2. The summed E-state index contributed by atoms with van der Waals surface area (Å²) in [4.78, 5) is 27.2. The fourth-order valence-corrected chi connectivity index (χ4v) is 6.84. The Morgan fingerprint density at radius 3 is 2.56 bits per heavy atom. The predicted molar refractivity (Wildman–Crippen MR) is 120 cm³/mol. The molecule has 3 aliphatic rings. The highest BCUT2D eigenvalue weighted by Crippen LogP contribution is 2.61. The molecule has 1 aliphatic heterocycles. The first-order valence-electron chi connectivity index (χ1n) is 12.3. The number of hydrogen-bond donors (Lipinski definition) is 4. The van der Waals surface area contributed by atoms with Crippen molar-refractivity contribution in [2.45, 2.75) is 90.4 Å². The predicted octanol–water partition coefficient (Wildman–Crippen LogP) is 2.05. The smallest absolute Gasteiger partial charge is 0.407 e. The van der Waals surface area contributed by atoms with Crippen LogP contribution < -0.4 is 5.32 Å². The lowest BCUT2D eigenvalue weighted by atomic mass is 9.46. The number of hydrogen-bond acceptors (Lipinski definition) is 6. The number of amides is 2. The molecule has 2 saturated carbocycles. The van der Waals surface area contributed by atoms with E-state index < -0.39 is 23.7 Å². The minimum absolute atomic E-state index is 0.00417. The summed E-state index contributed by atoms with van der Waals surface area (Å²) in [6, 6.07) is -0.125. The molecule has 2 aliphatic carbocycles. The van der Waals surface area contributed by atoms with Crippen LogP contribution in [-0.4, -0.2) is 76.8 Å². The van der Waals surface area contributed by atoms with Gasteiger partial charge in [-0.1, -0.05) is 20.8 Å². The van der Waals surface area contributed by atoms with Gasteiger partial charge in [0.25, 0.3) is 0 Å². The van der Waals surface area contributed by atoms with E-state index in [1.54, 1.807) is 4.90 Å². The van der Waals surface area contributed by atoms with Gasteiger partial charge in [-0.25, -0.2) is 4.79 Å². The number of aliphatic hydroxyl groups is 3. The second-order valence-corrected chi connectivity index (χ2v) is 10.6. The van der Waals surface area contributed by atoms with E-state index in [0.717, 1.165) is 32.1 Å². The fraction of sp³-hybridized carbons (Fsp3) is 0.917. The Hall–Kier alpha value is -1.38. The summed E-state index contributed by atoms with van der Waals surface area (Å²) in [5.41, 5.74) is -0.988. The second-order valence-electron chi connectivity index (χ2n) is 10.6. The molecule has 0 aromatic rings. The SMILES string of the molecule is CCCNC(=O)OC1CCC2(C)C(CC(=O)N3CCCC3CO)C(O)CCC2C1(C)CO. The van der Waals surface area contributed by atoms with Gasteiger partial charge in [0, 0.05) is 24.9 Å². The van der Waals surface area contributed by atoms with Crippen molar-refractivity contribution in [2.24, 2.45) is 22.7 Å². The maximum absolute atomic E-state index is 13.2. The summed E-state index contributed by atoms with van der Waals surface area (Å²) in [7, 11) is 0. The normalized spacial score (nSPS) is 39.4. The van der Waals surface area contributed by atoms with Crippen LogP contribution in [0.25, 0.3) is 0 Å². The molecule has 0 radical (unpaired) electrons. The minimum Gasteiger partial charge on any atom is -0.446 e. The Kier molecular flexibility index (Phi) is 8.10. The summed E-state index contributed by atoms with van der Waals surface area (Å²) in [5, 5.41) is 33.8. The van der Waals surface area contributed by atoms with E-state index in [-0.39, 0.29) is 48.8 Å². The molecule has 2 amide bonds. The van der Waals surface area contributed by atoms with Gasteiger partial charge >= 0.3 is 6.09 Å². The number of rotatable bonds is 7. The maximum atomic E-state index is 13.2. The zero-order valence-electron chi connectivity index (χ0n) is 19.9. The Morgan fingerprint density at radius 1 is 1.16 bits per heavy atom. The number of alkyl carbamates (subject to hydrolysis) is 1. The van der Waals surface area contributed by atoms with Gasteiger partial charge in [-0.05, 0) is 62.2 Å². The van der Waals surface area contributed by atoms with Crippen LogP contribution in [0.2, 0.25) is 0 Å². The Balaban J connectivity index is 1.79. The van der Waals surface area contributed by atoms with Crippen LogP contribution in [-0.2, 0) is 9.53 Å². The third kappa shape index (κ3) is 4.64. The molecule has 0 aromatic carbocycles. The van der Waals surface area contributed by atoms with Crippen molar-refractivity contribution >= 4 is 12.0 Å². The highest BCUT2D eigenvalue weighted by molar-refractivity contribution is 5.77. The second kappa shape index (κ2) is 10.3. The summed E-state index contributed by atoms with van der Waals surface area (Å²) >= 11 is 0. The molecule has 1 heterocycles. The lowest BCUT2D eigenvalue weighted by molar-refractivity contribution is -0.187. The molecule has 7 unspecified atom stereocenters. The monoisotopic (exact) mass is 454 g/mol. The molecule has 3 fully saturated rings. The number of carbonyl (C=O) groups is 2. The molecular formula is C24H42N2O6. The lowest BCUT2D eigenvalue weighted by Crippen LogP contribution is -2.61. The quantitative estimate of drug-likeness (QED) is 0.467. The molecule has 184 valence electrons. The standard InChI is InChI=1S/C24H42N2O6/c1-4-11-25-22(31)32-20-9-10-23(2)17(13-21(30)26-12-5-6-16(26)14-27)18(29)7-8-19(23)24(20,3)15-28/h16-20,27-29H,4-15H2,1-3H3,(H,25,31). The minimum atomic E-state index is -0.640. The first kappa shape index (κ1) is 25.2. The summed E-state index contributed by atoms with van der Waals surface area (Å²) in [5.74, 6) is -0.212. The molecule has 0 bridgehead atoms. The van der Waals surface area contributed by atoms with E-state index in [9.17, 15) is 24.9 Å². The van der Waals surface area contributed by atoms with E-state index in [4.69, 9.17) is 4.74 Å². The largest absolute Gasteiger partial charge is 0.446 e. The average molecular weight is 455 g/mol. The van der Waals surface area contributed by atoms with Gasteiger partial charge < -0.3 is 30.3 Å². The molecule has 8 nitrogen and oxygen atoms in total. The van der Waals surface area contributed by atoms with Crippen molar-refractivity contribution in [3.05, 3.63) is 0 Å². The average Bonchev–Trinajstić information content (AvgIpc) is 3.26. The molecule has 7 atom stereocenters. The van der Waals surface area contributed by atoms with Gasteiger partial charge in [0.15, 0.2) is 0 Å². The number of ether oxygens (including phenoxy) is 1. The zero-order chi connectivity index (χ0) is 23.5. The number of aliphatic hydroxyl groups excluding tert-OH is 3. The molecular weight excluding hydrogens is 412 g/mol. The first-order valence-corrected chi connectivity index (χ1v) is 12.3. The van der Waals surface area contributed by atoms with Gasteiger partial charge in [0.1, 0.15) is 6.10 Å². The number of nitrogens with one attached hydrogen (secondary N) is 1. The zero-order valence-corrected chi connectivity index (χ0v) is 19.9. The van der Waals surface area contributed by atoms with E-state index in [1.165, 1.54) is 0 Å². The third-order valence-corrected chi connectivity index (χ3v) is 8.75. The van der Waals surface area contributed by atoms with E-state index >= 15 is 0 Å². The third-order valence-electron chi connectivity index (χ3n) is 8.75. The van der Waals surface area contributed by atoms with Gasteiger partial charge in [-0.2, -0.15) is 0 Å². The van der Waals surface area contributed by atoms with Gasteiger partial charge in [-0.3, -0.25) is 4.79 Å². The maximum Gasteiger partial charge on any atom is 0.407 e. The van der Waals surface area contributed by atoms with Gasteiger partial charge in [0.2, 0.25) is 5.91 Å². The molecule has 0 spiro atoms. The lowest BCUT2D eigenvalue weighted by Gasteiger charge is -2.60. The molecule has 0 aromatic heterocycles. The Morgan fingerprint density at radius 2 is 1.91 bits per heavy atom. The molecule has 4 N–H and O–H groups in total. The van der Waals surface area contributed by atoms with Crippen molar-refractivity contribution in [2.75, 3.05) is 26.3 Å². The molecule has 32 heavy (non-hydrogen) atoms. The Bertz CT molecular complexity index is 675. The number of nitrogens with zero attached hydrogens (tertiary/aromatic N) is 1. The van der Waals surface area contributed by atoms with Gasteiger partial charge in [0.05, 0.1) is 25.4 Å². The first-order chi connectivity index (χ1) is 15.2. The van der Waals surface area contributed by atoms with Crippen molar-refractivity contribution in [3.8, 4) is 0 Å². The summed E-state index contributed by atoms with van der Waals surface area (Å²) in [6.07, 6.45) is 3.92. The van der Waals surface area contributed by atoms with Crippen LogP contribution in [0.5, 0.6) is 0 Å². The van der Waals surface area contributed by atoms with Crippen molar-refractivity contribution in [1.29, 1.82) is 0 Å². The van der Waals surface area contributed by atoms with E-state index in [0.29, 0.717) is 25.9 Å². The summed E-state index contributed by atoms with van der Waals surface area (Å²) < 4.78 is 5.77. The van der Waals surface area contributed by atoms with Crippen molar-refractivity contribution in [3.63, 3.8) is 0 Å². The van der Waals surface area contributed by atoms with E-state index in [2.05, 4.69) is 12.2 Å². The topological polar surface area (TPSA) is 119 Å². The van der Waals surface area contributed by atoms with Gasteiger partial charge in [-0.15, -0.1) is 0 Å². The van der Waals surface area contributed by atoms with Crippen molar-refractivity contribution in [1.82, 2.24) is 10.2 Å². The summed E-state index contributed by atoms with van der Waals surface area (Å²) in [6.45, 7) is 7.14. The number of likely N-dealkylation sites (tertiary alicyclic amines) is 1.